The third-order valence-corrected chi connectivity index (χ3v) is 5.41. The quantitative estimate of drug-likeness (QED) is 0.770. The highest BCUT2D eigenvalue weighted by molar-refractivity contribution is 7.09. The minimum absolute atomic E-state index is 0.126. The third kappa shape index (κ3) is 3.13. The number of para-hydroxylation sites is 1. The Morgan fingerprint density at radius 2 is 1.77 bits per heavy atom. The van der Waals surface area contributed by atoms with Gasteiger partial charge in [0.05, 0.1) is 6.54 Å². The highest BCUT2D eigenvalue weighted by atomic mass is 32.1. The Labute approximate surface area is 156 Å². The average molecular weight is 362 g/mol. The summed E-state index contributed by atoms with van der Waals surface area (Å²) < 4.78 is 0. The molecule has 0 fully saturated rings. The summed E-state index contributed by atoms with van der Waals surface area (Å²) in [5.74, 6) is -0.272. The van der Waals surface area contributed by atoms with E-state index in [4.69, 9.17) is 0 Å². The van der Waals surface area contributed by atoms with Gasteiger partial charge in [-0.05, 0) is 35.2 Å². The zero-order valence-electron chi connectivity index (χ0n) is 14.1. The molecule has 0 saturated heterocycles. The van der Waals surface area contributed by atoms with Crippen LogP contribution in [-0.4, -0.2) is 17.9 Å². The fourth-order valence-corrected chi connectivity index (χ4v) is 3.92. The van der Waals surface area contributed by atoms with Gasteiger partial charge >= 0.3 is 0 Å². The van der Waals surface area contributed by atoms with Gasteiger partial charge in [0, 0.05) is 22.5 Å². The first-order valence-corrected chi connectivity index (χ1v) is 9.38. The van der Waals surface area contributed by atoms with Gasteiger partial charge in [-0.1, -0.05) is 42.5 Å². The van der Waals surface area contributed by atoms with E-state index >= 15 is 0 Å². The molecular formula is C21H18N2O2S. The van der Waals surface area contributed by atoms with Crippen molar-refractivity contribution in [3.8, 4) is 0 Å². The lowest BCUT2D eigenvalue weighted by molar-refractivity contribution is -0.122. The molecule has 0 aliphatic carbocycles. The maximum absolute atomic E-state index is 13.1. The molecule has 2 aromatic carbocycles. The largest absolute Gasteiger partial charge is 0.349 e. The van der Waals surface area contributed by atoms with E-state index in [9.17, 15) is 9.59 Å². The minimum Gasteiger partial charge on any atom is -0.349 e. The Morgan fingerprint density at radius 3 is 2.54 bits per heavy atom. The summed E-state index contributed by atoms with van der Waals surface area (Å²) in [7, 11) is 0. The van der Waals surface area contributed by atoms with E-state index in [2.05, 4.69) is 5.32 Å². The zero-order chi connectivity index (χ0) is 17.9. The van der Waals surface area contributed by atoms with E-state index in [1.165, 1.54) is 0 Å². The number of thiophene rings is 1. The first kappa shape index (κ1) is 16.5. The summed E-state index contributed by atoms with van der Waals surface area (Å²) >= 11 is 1.60. The number of nitrogens with zero attached hydrogens (tertiary/aromatic N) is 1. The van der Waals surface area contributed by atoms with Crippen LogP contribution in [0, 0.1) is 0 Å². The van der Waals surface area contributed by atoms with E-state index in [0.717, 1.165) is 16.1 Å². The van der Waals surface area contributed by atoms with E-state index in [1.807, 2.05) is 60.0 Å². The minimum atomic E-state index is -0.528. The molecule has 130 valence electrons. The molecule has 1 atom stereocenters. The third-order valence-electron chi connectivity index (χ3n) is 4.54. The van der Waals surface area contributed by atoms with Crippen LogP contribution >= 0.6 is 11.3 Å². The molecule has 4 nitrogen and oxygen atoms in total. The van der Waals surface area contributed by atoms with Gasteiger partial charge in [0.25, 0.3) is 5.91 Å². The Hall–Kier alpha value is -2.92. The predicted octanol–water partition coefficient (Wildman–Crippen LogP) is 3.64. The van der Waals surface area contributed by atoms with Crippen molar-refractivity contribution in [2.24, 2.45) is 0 Å². The molecule has 1 aliphatic rings. The average Bonchev–Trinajstić information content (AvgIpc) is 3.34. The lowest BCUT2D eigenvalue weighted by atomic mass is 10.1. The molecule has 3 aromatic rings. The van der Waals surface area contributed by atoms with Gasteiger partial charge in [-0.3, -0.25) is 14.5 Å². The summed E-state index contributed by atoms with van der Waals surface area (Å²) in [5.41, 5.74) is 2.42. The molecule has 4 rings (SSSR count). The van der Waals surface area contributed by atoms with Gasteiger partial charge < -0.3 is 5.32 Å². The molecule has 0 saturated carbocycles. The van der Waals surface area contributed by atoms with Gasteiger partial charge in [-0.2, -0.15) is 0 Å². The Kier molecular flexibility index (Phi) is 4.54. The van der Waals surface area contributed by atoms with Crippen LogP contribution in [0.15, 0.2) is 72.1 Å². The molecule has 26 heavy (non-hydrogen) atoms. The number of fused-ring (bicyclic) bond motifs is 1. The first-order chi connectivity index (χ1) is 12.7. The number of benzene rings is 2. The standard InChI is InChI=1S/C21H18N2O2S/c24-20(22-14-17-10-6-12-26-17)19-13-16-9-4-5-11-18(16)23(19)21(25)15-7-2-1-3-8-15/h1-12,19H,13-14H2,(H,22,24). The van der Waals surface area contributed by atoms with E-state index in [-0.39, 0.29) is 11.8 Å². The number of anilines is 1. The fourth-order valence-electron chi connectivity index (χ4n) is 3.27. The molecule has 2 amide bonds. The van der Waals surface area contributed by atoms with Gasteiger partial charge in [0.15, 0.2) is 0 Å². The van der Waals surface area contributed by atoms with Crippen molar-refractivity contribution in [2.45, 2.75) is 19.0 Å². The van der Waals surface area contributed by atoms with Gasteiger partial charge in [-0.25, -0.2) is 0 Å². The van der Waals surface area contributed by atoms with Crippen molar-refractivity contribution in [1.29, 1.82) is 0 Å². The summed E-state index contributed by atoms with van der Waals surface area (Å²) in [6, 6.07) is 20.3. The number of carbonyl (C=O) groups excluding carboxylic acids is 2. The number of hydrogen-bond donors (Lipinski definition) is 1. The Morgan fingerprint density at radius 1 is 1.00 bits per heavy atom. The monoisotopic (exact) mass is 362 g/mol. The van der Waals surface area contributed by atoms with Crippen LogP contribution in [0.3, 0.4) is 0 Å². The van der Waals surface area contributed by atoms with Crippen molar-refractivity contribution >= 4 is 28.8 Å². The SMILES string of the molecule is O=C(NCc1cccs1)C1Cc2ccccc2N1C(=O)c1ccccc1. The normalized spacial score (nSPS) is 15.5. The van der Waals surface area contributed by atoms with Crippen molar-refractivity contribution in [3.63, 3.8) is 0 Å². The first-order valence-electron chi connectivity index (χ1n) is 8.50. The number of amides is 2. The number of hydrogen-bond acceptors (Lipinski definition) is 3. The van der Waals surface area contributed by atoms with E-state index in [0.29, 0.717) is 18.5 Å². The second-order valence-corrected chi connectivity index (χ2v) is 7.22. The maximum atomic E-state index is 13.1. The van der Waals surface area contributed by atoms with E-state index < -0.39 is 6.04 Å². The molecule has 1 aromatic heterocycles. The van der Waals surface area contributed by atoms with Crippen molar-refractivity contribution in [1.82, 2.24) is 5.32 Å². The van der Waals surface area contributed by atoms with Crippen molar-refractivity contribution < 1.29 is 9.59 Å². The smallest absolute Gasteiger partial charge is 0.259 e. The van der Waals surface area contributed by atoms with Crippen LogP contribution in [-0.2, 0) is 17.8 Å². The summed E-state index contributed by atoms with van der Waals surface area (Å²) in [4.78, 5) is 28.7. The predicted molar refractivity (Wildman–Crippen MR) is 103 cm³/mol. The number of carbonyl (C=O) groups is 2. The topological polar surface area (TPSA) is 49.4 Å². The Balaban J connectivity index is 1.61. The summed E-state index contributed by atoms with van der Waals surface area (Å²) in [5, 5.41) is 4.96. The lowest BCUT2D eigenvalue weighted by Gasteiger charge is -2.25. The Bertz CT molecular complexity index is 922. The molecule has 1 unspecified atom stereocenters. The second kappa shape index (κ2) is 7.14. The van der Waals surface area contributed by atoms with Crippen LogP contribution in [0.25, 0.3) is 0 Å². The number of rotatable bonds is 4. The molecule has 0 spiro atoms. The molecular weight excluding hydrogens is 344 g/mol. The molecule has 5 heteroatoms. The highest BCUT2D eigenvalue weighted by Crippen LogP contribution is 2.33. The van der Waals surface area contributed by atoms with Gasteiger partial charge in [-0.15, -0.1) is 11.3 Å². The maximum Gasteiger partial charge on any atom is 0.259 e. The van der Waals surface area contributed by atoms with Crippen LogP contribution in [0.4, 0.5) is 5.69 Å². The molecule has 0 radical (unpaired) electrons. The summed E-state index contributed by atoms with van der Waals surface area (Å²) in [6.45, 7) is 0.483. The zero-order valence-corrected chi connectivity index (χ0v) is 14.9. The lowest BCUT2D eigenvalue weighted by Crippen LogP contribution is -2.47. The van der Waals surface area contributed by atoms with E-state index in [1.54, 1.807) is 28.4 Å². The molecule has 0 bridgehead atoms. The highest BCUT2D eigenvalue weighted by Gasteiger charge is 2.38. The van der Waals surface area contributed by atoms with Crippen molar-refractivity contribution in [3.05, 3.63) is 88.1 Å². The van der Waals surface area contributed by atoms with Crippen LogP contribution in [0.2, 0.25) is 0 Å². The second-order valence-electron chi connectivity index (χ2n) is 6.19. The molecule has 2 heterocycles. The van der Waals surface area contributed by atoms with Crippen molar-refractivity contribution in [2.75, 3.05) is 4.90 Å². The van der Waals surface area contributed by atoms with Crippen LogP contribution in [0.1, 0.15) is 20.8 Å². The molecule has 1 aliphatic heterocycles. The van der Waals surface area contributed by atoms with Gasteiger partial charge in [0.2, 0.25) is 5.91 Å². The van der Waals surface area contributed by atoms with Crippen LogP contribution in [0.5, 0.6) is 0 Å². The summed E-state index contributed by atoms with van der Waals surface area (Å²) in [6.07, 6.45) is 0.533. The number of nitrogens with one attached hydrogen (secondary N) is 1. The fraction of sp³-hybridized carbons (Fsp3) is 0.143. The van der Waals surface area contributed by atoms with Crippen LogP contribution < -0.4 is 10.2 Å². The molecule has 1 N–H and O–H groups in total. The van der Waals surface area contributed by atoms with Gasteiger partial charge in [0.1, 0.15) is 6.04 Å².